The summed E-state index contributed by atoms with van der Waals surface area (Å²) in [5.74, 6) is -0.304. The Hall–Kier alpha value is -2.70. The van der Waals surface area contributed by atoms with Gasteiger partial charge in [0.1, 0.15) is 18.2 Å². The van der Waals surface area contributed by atoms with Gasteiger partial charge in [0.05, 0.1) is 16.4 Å². The fourth-order valence-corrected chi connectivity index (χ4v) is 3.00. The lowest BCUT2D eigenvalue weighted by molar-refractivity contribution is -0.111. The van der Waals surface area contributed by atoms with Crippen molar-refractivity contribution in [1.29, 1.82) is 0 Å². The van der Waals surface area contributed by atoms with E-state index in [1.807, 2.05) is 36.6 Å². The second kappa shape index (κ2) is 8.79. The van der Waals surface area contributed by atoms with E-state index in [0.29, 0.717) is 12.4 Å². The Kier molecular flexibility index (Phi) is 6.21. The number of rotatable bonds is 6. The van der Waals surface area contributed by atoms with Gasteiger partial charge in [0.2, 0.25) is 5.91 Å². The van der Waals surface area contributed by atoms with Crippen LogP contribution in [0.3, 0.4) is 0 Å². The van der Waals surface area contributed by atoms with Gasteiger partial charge in [-0.2, -0.15) is 0 Å². The standard InChI is InChI=1S/C20H16ClFN2O2S/c1-13-23-16(12-27-13)11-26-17-6-2-14(3-7-17)4-9-20(25)24-19-8-5-15(21)10-18(19)22/h2-10,12H,11H2,1H3,(H,24,25)/b9-4+. The SMILES string of the molecule is Cc1nc(COc2ccc(/C=C/C(=O)Nc3ccc(Cl)cc3F)cc2)cs1. The number of aryl methyl sites for hydroxylation is 1. The van der Waals surface area contributed by atoms with Crippen molar-refractivity contribution < 1.29 is 13.9 Å². The minimum Gasteiger partial charge on any atom is -0.487 e. The summed E-state index contributed by atoms with van der Waals surface area (Å²) in [4.78, 5) is 16.3. The van der Waals surface area contributed by atoms with Crippen molar-refractivity contribution in [1.82, 2.24) is 4.98 Å². The Morgan fingerprint density at radius 3 is 2.74 bits per heavy atom. The first-order valence-electron chi connectivity index (χ1n) is 8.07. The molecule has 27 heavy (non-hydrogen) atoms. The summed E-state index contributed by atoms with van der Waals surface area (Å²) in [6.07, 6.45) is 2.97. The molecule has 0 atom stereocenters. The number of halogens is 2. The number of amides is 1. The van der Waals surface area contributed by atoms with Crippen LogP contribution in [0, 0.1) is 12.7 Å². The van der Waals surface area contributed by atoms with Crippen molar-refractivity contribution in [3.05, 3.63) is 81.0 Å². The quantitative estimate of drug-likeness (QED) is 0.556. The number of benzene rings is 2. The molecule has 3 aromatic rings. The summed E-state index contributed by atoms with van der Waals surface area (Å²) in [6.45, 7) is 2.36. The van der Waals surface area contributed by atoms with E-state index in [-0.39, 0.29) is 10.7 Å². The third kappa shape index (κ3) is 5.64. The molecular formula is C20H16ClFN2O2S. The van der Waals surface area contributed by atoms with Crippen molar-refractivity contribution in [3.63, 3.8) is 0 Å². The number of carbonyl (C=O) groups excluding carboxylic acids is 1. The van der Waals surface area contributed by atoms with Gasteiger partial charge in [0, 0.05) is 16.5 Å². The van der Waals surface area contributed by atoms with E-state index in [0.717, 1.165) is 22.3 Å². The highest BCUT2D eigenvalue weighted by atomic mass is 35.5. The summed E-state index contributed by atoms with van der Waals surface area (Å²) in [5, 5.41) is 5.71. The Morgan fingerprint density at radius 1 is 1.30 bits per heavy atom. The molecule has 0 unspecified atom stereocenters. The van der Waals surface area contributed by atoms with E-state index >= 15 is 0 Å². The molecule has 0 bridgehead atoms. The molecule has 1 aromatic heterocycles. The second-order valence-corrected chi connectivity index (χ2v) is 7.16. The zero-order valence-corrected chi connectivity index (χ0v) is 16.0. The minimum absolute atomic E-state index is 0.0788. The number of thiazole rings is 1. The van der Waals surface area contributed by atoms with Crippen LogP contribution in [0.15, 0.2) is 53.9 Å². The predicted octanol–water partition coefficient (Wildman–Crippen LogP) is 5.47. The Labute approximate surface area is 165 Å². The van der Waals surface area contributed by atoms with E-state index in [4.69, 9.17) is 16.3 Å². The Bertz CT molecular complexity index is 970. The van der Waals surface area contributed by atoms with Gasteiger partial charge in [-0.15, -0.1) is 11.3 Å². The molecule has 138 valence electrons. The molecule has 2 aromatic carbocycles. The van der Waals surface area contributed by atoms with Crippen molar-refractivity contribution in [3.8, 4) is 5.75 Å². The summed E-state index contributed by atoms with van der Waals surface area (Å²) in [6, 6.07) is 11.4. The second-order valence-electron chi connectivity index (χ2n) is 5.66. The van der Waals surface area contributed by atoms with Crippen LogP contribution < -0.4 is 10.1 Å². The number of ether oxygens (including phenoxy) is 1. The van der Waals surface area contributed by atoms with Gasteiger partial charge in [-0.3, -0.25) is 4.79 Å². The summed E-state index contributed by atoms with van der Waals surface area (Å²) in [5.41, 5.74) is 1.79. The first-order valence-corrected chi connectivity index (χ1v) is 9.33. The number of carbonyl (C=O) groups is 1. The zero-order valence-electron chi connectivity index (χ0n) is 14.4. The predicted molar refractivity (Wildman–Crippen MR) is 107 cm³/mol. The monoisotopic (exact) mass is 402 g/mol. The van der Waals surface area contributed by atoms with E-state index in [1.54, 1.807) is 17.4 Å². The number of hydrogen-bond acceptors (Lipinski definition) is 4. The summed E-state index contributed by atoms with van der Waals surface area (Å²) < 4.78 is 19.4. The number of nitrogens with zero attached hydrogens (tertiary/aromatic N) is 1. The maximum Gasteiger partial charge on any atom is 0.248 e. The molecule has 0 saturated heterocycles. The van der Waals surface area contributed by atoms with Crippen molar-refractivity contribution in [2.24, 2.45) is 0 Å². The van der Waals surface area contributed by atoms with E-state index in [1.165, 1.54) is 18.2 Å². The largest absolute Gasteiger partial charge is 0.487 e. The average molecular weight is 403 g/mol. The molecule has 0 saturated carbocycles. The van der Waals surface area contributed by atoms with Gasteiger partial charge in [0.15, 0.2) is 0 Å². The Balaban J connectivity index is 1.54. The maximum absolute atomic E-state index is 13.7. The van der Waals surface area contributed by atoms with Crippen molar-refractivity contribution in [2.75, 3.05) is 5.32 Å². The highest BCUT2D eigenvalue weighted by Gasteiger charge is 2.05. The van der Waals surface area contributed by atoms with Crippen LogP contribution in [0.4, 0.5) is 10.1 Å². The lowest BCUT2D eigenvalue weighted by Crippen LogP contribution is -2.09. The molecule has 0 aliphatic heterocycles. The number of anilines is 1. The van der Waals surface area contributed by atoms with Gasteiger partial charge in [-0.25, -0.2) is 9.37 Å². The molecule has 0 spiro atoms. The van der Waals surface area contributed by atoms with Crippen LogP contribution in [-0.4, -0.2) is 10.9 Å². The first-order chi connectivity index (χ1) is 13.0. The van der Waals surface area contributed by atoms with Gasteiger partial charge in [-0.1, -0.05) is 23.7 Å². The molecule has 0 fully saturated rings. The van der Waals surface area contributed by atoms with Gasteiger partial charge < -0.3 is 10.1 Å². The molecule has 0 aliphatic carbocycles. The van der Waals surface area contributed by atoms with Crippen LogP contribution in [0.1, 0.15) is 16.3 Å². The smallest absolute Gasteiger partial charge is 0.248 e. The highest BCUT2D eigenvalue weighted by Crippen LogP contribution is 2.19. The van der Waals surface area contributed by atoms with E-state index in [2.05, 4.69) is 10.3 Å². The first kappa shape index (κ1) is 19.1. The molecule has 1 N–H and O–H groups in total. The fraction of sp³-hybridized carbons (Fsp3) is 0.100. The summed E-state index contributed by atoms with van der Waals surface area (Å²) >= 11 is 7.27. The van der Waals surface area contributed by atoms with Crippen LogP contribution in [-0.2, 0) is 11.4 Å². The zero-order chi connectivity index (χ0) is 19.2. The lowest BCUT2D eigenvalue weighted by Gasteiger charge is -2.05. The molecule has 0 aliphatic rings. The number of hydrogen-bond donors (Lipinski definition) is 1. The third-order valence-electron chi connectivity index (χ3n) is 3.55. The fourth-order valence-electron chi connectivity index (χ4n) is 2.24. The van der Waals surface area contributed by atoms with Gasteiger partial charge in [0.25, 0.3) is 0 Å². The number of nitrogens with one attached hydrogen (secondary N) is 1. The number of aromatic nitrogens is 1. The third-order valence-corrected chi connectivity index (χ3v) is 4.61. The van der Waals surface area contributed by atoms with Crippen LogP contribution >= 0.6 is 22.9 Å². The van der Waals surface area contributed by atoms with Gasteiger partial charge >= 0.3 is 0 Å². The molecule has 1 heterocycles. The van der Waals surface area contributed by atoms with Crippen molar-refractivity contribution >= 4 is 40.6 Å². The van der Waals surface area contributed by atoms with Crippen LogP contribution in [0.2, 0.25) is 5.02 Å². The molecule has 3 rings (SSSR count). The minimum atomic E-state index is -0.582. The topological polar surface area (TPSA) is 51.2 Å². The van der Waals surface area contributed by atoms with Crippen LogP contribution in [0.25, 0.3) is 6.08 Å². The maximum atomic E-state index is 13.7. The van der Waals surface area contributed by atoms with Crippen molar-refractivity contribution in [2.45, 2.75) is 13.5 Å². The molecular weight excluding hydrogens is 387 g/mol. The van der Waals surface area contributed by atoms with Gasteiger partial charge in [-0.05, 0) is 48.9 Å². The molecule has 0 radical (unpaired) electrons. The Morgan fingerprint density at radius 2 is 2.07 bits per heavy atom. The summed E-state index contributed by atoms with van der Waals surface area (Å²) in [7, 11) is 0. The van der Waals surface area contributed by atoms with E-state index < -0.39 is 11.7 Å². The lowest BCUT2D eigenvalue weighted by atomic mass is 10.2. The molecule has 7 heteroatoms. The molecule has 1 amide bonds. The average Bonchev–Trinajstić information content (AvgIpc) is 3.07. The van der Waals surface area contributed by atoms with Crippen LogP contribution in [0.5, 0.6) is 5.75 Å². The molecule has 4 nitrogen and oxygen atoms in total. The highest BCUT2D eigenvalue weighted by molar-refractivity contribution is 7.09. The van der Waals surface area contributed by atoms with E-state index in [9.17, 15) is 9.18 Å². The normalized spacial score (nSPS) is 10.9.